The molecule has 1 atom stereocenters. The van der Waals surface area contributed by atoms with Crippen LogP contribution in [0.5, 0.6) is 0 Å². The van der Waals surface area contributed by atoms with Crippen LogP contribution in [-0.4, -0.2) is 25.5 Å². The second-order valence-electron chi connectivity index (χ2n) is 5.65. The minimum atomic E-state index is -0.0106. The molecule has 0 saturated carbocycles. The number of carbonyl (C=O) groups is 1. The number of hydrogen-bond donors (Lipinski definition) is 1. The largest absolute Gasteiger partial charge is 0.314 e. The molecule has 19 heavy (non-hydrogen) atoms. The van der Waals surface area contributed by atoms with Crippen molar-refractivity contribution >= 4 is 11.6 Å². The molecule has 1 saturated heterocycles. The summed E-state index contributed by atoms with van der Waals surface area (Å²) in [6, 6.07) is 8.28. The number of piperidine rings is 1. The predicted octanol–water partition coefficient (Wildman–Crippen LogP) is 2.91. The van der Waals surface area contributed by atoms with Gasteiger partial charge < -0.3 is 10.2 Å². The van der Waals surface area contributed by atoms with Crippen LogP contribution in [0.1, 0.15) is 44.6 Å². The van der Waals surface area contributed by atoms with Crippen LogP contribution in [-0.2, 0) is 4.79 Å². The first kappa shape index (κ1) is 14.1. The molecule has 1 aromatic carbocycles. The van der Waals surface area contributed by atoms with E-state index in [9.17, 15) is 4.79 Å². The summed E-state index contributed by atoms with van der Waals surface area (Å²) in [5.74, 6) is 0.701. The molecule has 0 aliphatic carbocycles. The first-order valence-corrected chi connectivity index (χ1v) is 7.20. The van der Waals surface area contributed by atoms with Crippen molar-refractivity contribution in [1.29, 1.82) is 0 Å². The molecule has 1 unspecified atom stereocenters. The topological polar surface area (TPSA) is 32.3 Å². The van der Waals surface area contributed by atoms with Crippen molar-refractivity contribution in [3.8, 4) is 0 Å². The molecule has 0 bridgehead atoms. The second kappa shape index (κ2) is 6.20. The highest BCUT2D eigenvalue weighted by Gasteiger charge is 2.24. The Morgan fingerprint density at radius 3 is 2.47 bits per heavy atom. The Morgan fingerprint density at radius 2 is 1.95 bits per heavy atom. The Hall–Kier alpha value is -1.35. The van der Waals surface area contributed by atoms with E-state index in [0.717, 1.165) is 25.1 Å². The summed E-state index contributed by atoms with van der Waals surface area (Å²) in [7, 11) is 1.86. The molecular formula is C16H24N2O. The van der Waals surface area contributed by atoms with Gasteiger partial charge in [0.1, 0.15) is 0 Å². The first-order valence-electron chi connectivity index (χ1n) is 7.20. The van der Waals surface area contributed by atoms with Gasteiger partial charge in [-0.25, -0.2) is 0 Å². The molecule has 1 fully saturated rings. The zero-order valence-corrected chi connectivity index (χ0v) is 12.1. The van der Waals surface area contributed by atoms with Crippen molar-refractivity contribution in [2.45, 2.75) is 45.1 Å². The Kier molecular flexibility index (Phi) is 4.59. The minimum Gasteiger partial charge on any atom is -0.314 e. The lowest BCUT2D eigenvalue weighted by atomic mass is 10.0. The molecule has 0 aromatic heterocycles. The molecule has 1 N–H and O–H groups in total. The number of likely N-dealkylation sites (N-methyl/N-ethyl adjacent to an activating group) is 1. The van der Waals surface area contributed by atoms with Gasteiger partial charge >= 0.3 is 0 Å². The van der Waals surface area contributed by atoms with Crippen molar-refractivity contribution in [3.63, 3.8) is 0 Å². The number of carbonyl (C=O) groups excluding carboxylic acids is 1. The molecular weight excluding hydrogens is 236 g/mol. The van der Waals surface area contributed by atoms with Gasteiger partial charge in [-0.15, -0.1) is 0 Å². The molecule has 3 heteroatoms. The number of amides is 1. The molecule has 1 heterocycles. The summed E-state index contributed by atoms with van der Waals surface area (Å²) >= 11 is 0. The maximum Gasteiger partial charge on any atom is 0.243 e. The minimum absolute atomic E-state index is 0.0106. The fourth-order valence-corrected chi connectivity index (χ4v) is 2.51. The zero-order valence-electron chi connectivity index (χ0n) is 12.1. The van der Waals surface area contributed by atoms with Crippen molar-refractivity contribution in [1.82, 2.24) is 5.32 Å². The lowest BCUT2D eigenvalue weighted by Crippen LogP contribution is -2.47. The van der Waals surface area contributed by atoms with E-state index in [0.29, 0.717) is 5.92 Å². The summed E-state index contributed by atoms with van der Waals surface area (Å²) in [5.41, 5.74) is 2.28. The molecule has 1 aromatic rings. The fourth-order valence-electron chi connectivity index (χ4n) is 2.51. The maximum atomic E-state index is 12.4. The maximum absolute atomic E-state index is 12.4. The Labute approximate surface area is 116 Å². The average Bonchev–Trinajstić information content (AvgIpc) is 2.46. The first-order chi connectivity index (χ1) is 9.09. The van der Waals surface area contributed by atoms with Crippen molar-refractivity contribution < 1.29 is 4.79 Å². The van der Waals surface area contributed by atoms with Crippen LogP contribution in [0.3, 0.4) is 0 Å². The van der Waals surface area contributed by atoms with Gasteiger partial charge in [-0.05, 0) is 43.0 Å². The van der Waals surface area contributed by atoms with Crippen LogP contribution in [0.25, 0.3) is 0 Å². The highest BCUT2D eigenvalue weighted by molar-refractivity contribution is 5.96. The molecule has 0 radical (unpaired) electrons. The van der Waals surface area contributed by atoms with E-state index in [1.165, 1.54) is 12.0 Å². The predicted molar refractivity (Wildman–Crippen MR) is 79.6 cm³/mol. The van der Waals surface area contributed by atoms with Gasteiger partial charge in [-0.3, -0.25) is 4.79 Å². The number of benzene rings is 1. The van der Waals surface area contributed by atoms with Crippen molar-refractivity contribution in [2.75, 3.05) is 18.5 Å². The number of nitrogens with one attached hydrogen (secondary N) is 1. The SMILES string of the molecule is CC(C)c1ccc(N(C)C(=O)C2CCCCN2)cc1. The molecule has 3 nitrogen and oxygen atoms in total. The van der Waals surface area contributed by atoms with E-state index in [2.05, 4.69) is 31.3 Å². The number of hydrogen-bond acceptors (Lipinski definition) is 2. The summed E-state index contributed by atoms with van der Waals surface area (Å²) in [5, 5.41) is 3.31. The summed E-state index contributed by atoms with van der Waals surface area (Å²) < 4.78 is 0. The molecule has 1 aliphatic heterocycles. The second-order valence-corrected chi connectivity index (χ2v) is 5.65. The quantitative estimate of drug-likeness (QED) is 0.906. The molecule has 0 spiro atoms. The van der Waals surface area contributed by atoms with Gasteiger partial charge in [0.2, 0.25) is 5.91 Å². The third kappa shape index (κ3) is 3.35. The van der Waals surface area contributed by atoms with E-state index >= 15 is 0 Å². The van der Waals surface area contributed by atoms with Crippen molar-refractivity contribution in [2.24, 2.45) is 0 Å². The van der Waals surface area contributed by atoms with Gasteiger partial charge in [0.05, 0.1) is 6.04 Å². The van der Waals surface area contributed by atoms with Crippen LogP contribution >= 0.6 is 0 Å². The van der Waals surface area contributed by atoms with Crippen LogP contribution in [0, 0.1) is 0 Å². The number of anilines is 1. The third-order valence-electron chi connectivity index (χ3n) is 3.89. The summed E-state index contributed by atoms with van der Waals surface area (Å²) in [4.78, 5) is 14.2. The smallest absolute Gasteiger partial charge is 0.243 e. The van der Waals surface area contributed by atoms with Crippen LogP contribution < -0.4 is 10.2 Å². The zero-order chi connectivity index (χ0) is 13.8. The lowest BCUT2D eigenvalue weighted by molar-refractivity contribution is -0.120. The van der Waals surface area contributed by atoms with Gasteiger partial charge in [-0.2, -0.15) is 0 Å². The molecule has 104 valence electrons. The average molecular weight is 260 g/mol. The Bertz CT molecular complexity index is 419. The van der Waals surface area contributed by atoms with Crippen molar-refractivity contribution in [3.05, 3.63) is 29.8 Å². The molecule has 1 aliphatic rings. The van der Waals surface area contributed by atoms with E-state index in [1.54, 1.807) is 4.90 Å². The summed E-state index contributed by atoms with van der Waals surface area (Å²) in [6.07, 6.45) is 3.27. The third-order valence-corrected chi connectivity index (χ3v) is 3.89. The Morgan fingerprint density at radius 1 is 1.26 bits per heavy atom. The molecule has 1 amide bonds. The number of rotatable bonds is 3. The van der Waals surface area contributed by atoms with Crippen LogP contribution in [0.2, 0.25) is 0 Å². The monoisotopic (exact) mass is 260 g/mol. The van der Waals surface area contributed by atoms with E-state index < -0.39 is 0 Å². The van der Waals surface area contributed by atoms with Crippen LogP contribution in [0.15, 0.2) is 24.3 Å². The fraction of sp³-hybridized carbons (Fsp3) is 0.562. The van der Waals surface area contributed by atoms with E-state index in [1.807, 2.05) is 19.2 Å². The van der Waals surface area contributed by atoms with Gasteiger partial charge in [0.15, 0.2) is 0 Å². The van der Waals surface area contributed by atoms with E-state index in [4.69, 9.17) is 0 Å². The van der Waals surface area contributed by atoms with Gasteiger partial charge in [0, 0.05) is 12.7 Å². The summed E-state index contributed by atoms with van der Waals surface area (Å²) in [6.45, 7) is 5.31. The lowest BCUT2D eigenvalue weighted by Gasteiger charge is -2.27. The van der Waals surface area contributed by atoms with Crippen LogP contribution in [0.4, 0.5) is 5.69 Å². The highest BCUT2D eigenvalue weighted by atomic mass is 16.2. The standard InChI is InChI=1S/C16H24N2O/c1-12(2)13-7-9-14(10-8-13)18(3)16(19)15-6-4-5-11-17-15/h7-10,12,15,17H,4-6,11H2,1-3H3. The normalized spacial score (nSPS) is 19.5. The van der Waals surface area contributed by atoms with E-state index in [-0.39, 0.29) is 11.9 Å². The molecule has 2 rings (SSSR count). The number of nitrogens with zero attached hydrogens (tertiary/aromatic N) is 1. The highest BCUT2D eigenvalue weighted by Crippen LogP contribution is 2.20. The van der Waals surface area contributed by atoms with Gasteiger partial charge in [0.25, 0.3) is 0 Å². The van der Waals surface area contributed by atoms with Gasteiger partial charge in [-0.1, -0.05) is 32.4 Å². The Balaban J connectivity index is 2.05.